The summed E-state index contributed by atoms with van der Waals surface area (Å²) in [6.45, 7) is 2.75. The summed E-state index contributed by atoms with van der Waals surface area (Å²) in [6.07, 6.45) is 0.545. The van der Waals surface area contributed by atoms with E-state index in [1.807, 2.05) is 29.5 Å². The zero-order valence-electron chi connectivity index (χ0n) is 10.5. The van der Waals surface area contributed by atoms with Gasteiger partial charge in [0.25, 0.3) is 5.91 Å². The molecule has 2 amide bonds. The quantitative estimate of drug-likeness (QED) is 0.801. The number of benzene rings is 1. The van der Waals surface area contributed by atoms with Crippen LogP contribution in [0.15, 0.2) is 18.2 Å². The van der Waals surface area contributed by atoms with Gasteiger partial charge in [-0.3, -0.25) is 9.59 Å². The number of hydrogen-bond donors (Lipinski definition) is 1. The van der Waals surface area contributed by atoms with Crippen LogP contribution in [-0.4, -0.2) is 35.8 Å². The Morgan fingerprint density at radius 3 is 3.00 bits per heavy atom. The average Bonchev–Trinajstić information content (AvgIpc) is 2.40. The maximum Gasteiger partial charge on any atom is 0.255 e. The second kappa shape index (κ2) is 5.85. The van der Waals surface area contributed by atoms with E-state index in [-0.39, 0.29) is 11.8 Å². The molecule has 1 fully saturated rings. The summed E-state index contributed by atoms with van der Waals surface area (Å²) in [7, 11) is 0. The summed E-state index contributed by atoms with van der Waals surface area (Å²) in [6, 6.07) is 3.64. The molecule has 0 radical (unpaired) electrons. The molecule has 1 N–H and O–H groups in total. The molecule has 2 rings (SSSR count). The molecule has 1 heterocycles. The van der Waals surface area contributed by atoms with Crippen molar-refractivity contribution in [2.24, 2.45) is 0 Å². The molecule has 1 unspecified atom stereocenters. The highest BCUT2D eigenvalue weighted by Crippen LogP contribution is 2.19. The topological polar surface area (TPSA) is 49.4 Å². The van der Waals surface area contributed by atoms with Crippen LogP contribution in [0.5, 0.6) is 0 Å². The highest BCUT2D eigenvalue weighted by Gasteiger charge is 2.32. The summed E-state index contributed by atoms with van der Waals surface area (Å²) >= 11 is 2.00. The van der Waals surface area contributed by atoms with Crippen molar-refractivity contribution in [2.45, 2.75) is 19.4 Å². The van der Waals surface area contributed by atoms with Crippen molar-refractivity contribution in [3.05, 3.63) is 33.1 Å². The summed E-state index contributed by atoms with van der Waals surface area (Å²) < 4.78 is 14.0. The fourth-order valence-corrected chi connectivity index (χ4v) is 2.75. The number of halogens is 2. The number of piperazine rings is 1. The number of nitrogens with zero attached hydrogens (tertiary/aromatic N) is 1. The molecule has 0 aromatic heterocycles. The van der Waals surface area contributed by atoms with Crippen LogP contribution in [0.25, 0.3) is 0 Å². The van der Waals surface area contributed by atoms with E-state index < -0.39 is 11.9 Å². The Kier molecular flexibility index (Phi) is 4.38. The summed E-state index contributed by atoms with van der Waals surface area (Å²) in [5, 5.41) is 2.74. The summed E-state index contributed by atoms with van der Waals surface area (Å²) in [5.41, 5.74) is 0.314. The summed E-state index contributed by atoms with van der Waals surface area (Å²) in [4.78, 5) is 25.7. The first-order chi connectivity index (χ1) is 9.04. The molecule has 1 aliphatic heterocycles. The van der Waals surface area contributed by atoms with E-state index in [4.69, 9.17) is 0 Å². The molecule has 0 bridgehead atoms. The third kappa shape index (κ3) is 2.88. The predicted octanol–water partition coefficient (Wildman–Crippen LogP) is 1.78. The van der Waals surface area contributed by atoms with Gasteiger partial charge in [-0.25, -0.2) is 4.39 Å². The molecule has 6 heteroatoms. The molecule has 1 saturated heterocycles. The van der Waals surface area contributed by atoms with E-state index in [0.29, 0.717) is 28.6 Å². The number of carbonyl (C=O) groups is 2. The van der Waals surface area contributed by atoms with Crippen molar-refractivity contribution in [2.75, 3.05) is 13.1 Å². The minimum Gasteiger partial charge on any atom is -0.353 e. The lowest BCUT2D eigenvalue weighted by Gasteiger charge is -2.34. The minimum atomic E-state index is -0.472. The Balaban J connectivity index is 2.32. The largest absolute Gasteiger partial charge is 0.353 e. The molecule has 1 aliphatic rings. The van der Waals surface area contributed by atoms with Crippen molar-refractivity contribution in [3.8, 4) is 0 Å². The van der Waals surface area contributed by atoms with Gasteiger partial charge >= 0.3 is 0 Å². The number of carbonyl (C=O) groups excluding carboxylic acids is 2. The first-order valence-electron chi connectivity index (χ1n) is 6.08. The van der Waals surface area contributed by atoms with Gasteiger partial charge in [0.1, 0.15) is 11.9 Å². The van der Waals surface area contributed by atoms with Crippen LogP contribution in [-0.2, 0) is 4.79 Å². The van der Waals surface area contributed by atoms with Gasteiger partial charge in [-0.05, 0) is 47.2 Å². The second-order valence-electron chi connectivity index (χ2n) is 4.34. The van der Waals surface area contributed by atoms with Crippen molar-refractivity contribution >= 4 is 34.4 Å². The van der Waals surface area contributed by atoms with Crippen molar-refractivity contribution in [3.63, 3.8) is 0 Å². The fourth-order valence-electron chi connectivity index (χ4n) is 2.18. The van der Waals surface area contributed by atoms with Gasteiger partial charge in [0.2, 0.25) is 5.91 Å². The predicted molar refractivity (Wildman–Crippen MR) is 77.2 cm³/mol. The van der Waals surface area contributed by atoms with Crippen LogP contribution in [0.1, 0.15) is 23.7 Å². The second-order valence-corrected chi connectivity index (χ2v) is 5.50. The van der Waals surface area contributed by atoms with Crippen LogP contribution in [0.3, 0.4) is 0 Å². The standard InChI is InChI=1S/C13H14FIN2O2/c1-2-11-12(18)16-5-6-17(11)13(19)9-7-8(14)3-4-10(9)15/h3-4,7,11H,2,5-6H2,1H3,(H,16,18). The smallest absolute Gasteiger partial charge is 0.255 e. The Bertz CT molecular complexity index is 521. The van der Waals surface area contributed by atoms with Gasteiger partial charge in [0.05, 0.1) is 5.56 Å². The summed E-state index contributed by atoms with van der Waals surface area (Å²) in [5.74, 6) is -0.877. The third-order valence-corrected chi connectivity index (χ3v) is 4.08. The molecule has 1 atom stereocenters. The Morgan fingerprint density at radius 2 is 2.32 bits per heavy atom. The molecule has 0 spiro atoms. The lowest BCUT2D eigenvalue weighted by Crippen LogP contribution is -2.57. The molecular formula is C13H14FIN2O2. The van der Waals surface area contributed by atoms with E-state index in [9.17, 15) is 14.0 Å². The third-order valence-electron chi connectivity index (χ3n) is 3.14. The maximum atomic E-state index is 13.3. The van der Waals surface area contributed by atoms with Crippen LogP contribution < -0.4 is 5.32 Å². The van der Waals surface area contributed by atoms with Crippen LogP contribution in [0.4, 0.5) is 4.39 Å². The maximum absolute atomic E-state index is 13.3. The van der Waals surface area contributed by atoms with Gasteiger partial charge in [-0.1, -0.05) is 6.92 Å². The molecule has 1 aromatic carbocycles. The minimum absolute atomic E-state index is 0.145. The van der Waals surface area contributed by atoms with Gasteiger partial charge < -0.3 is 10.2 Å². The lowest BCUT2D eigenvalue weighted by atomic mass is 10.1. The average molecular weight is 376 g/mol. The van der Waals surface area contributed by atoms with Gasteiger partial charge in [0.15, 0.2) is 0 Å². The lowest BCUT2D eigenvalue weighted by molar-refractivity contribution is -0.127. The number of amides is 2. The van der Waals surface area contributed by atoms with E-state index in [2.05, 4.69) is 5.32 Å². The van der Waals surface area contributed by atoms with Gasteiger partial charge in [-0.15, -0.1) is 0 Å². The van der Waals surface area contributed by atoms with E-state index in [1.54, 1.807) is 6.07 Å². The van der Waals surface area contributed by atoms with Crippen molar-refractivity contribution in [1.82, 2.24) is 10.2 Å². The number of hydrogen-bond acceptors (Lipinski definition) is 2. The van der Waals surface area contributed by atoms with E-state index in [1.165, 1.54) is 17.0 Å². The Labute approximate surface area is 124 Å². The Hall–Kier alpha value is -1.18. The number of rotatable bonds is 2. The molecule has 0 aliphatic carbocycles. The number of nitrogens with one attached hydrogen (secondary N) is 1. The van der Waals surface area contributed by atoms with Gasteiger partial charge in [-0.2, -0.15) is 0 Å². The van der Waals surface area contributed by atoms with Crippen LogP contribution in [0, 0.1) is 9.39 Å². The molecular weight excluding hydrogens is 362 g/mol. The van der Waals surface area contributed by atoms with Crippen molar-refractivity contribution < 1.29 is 14.0 Å². The van der Waals surface area contributed by atoms with Crippen molar-refractivity contribution in [1.29, 1.82) is 0 Å². The Morgan fingerprint density at radius 1 is 1.58 bits per heavy atom. The molecule has 1 aromatic rings. The zero-order valence-corrected chi connectivity index (χ0v) is 12.6. The molecule has 0 saturated carbocycles. The molecule has 4 nitrogen and oxygen atoms in total. The van der Waals surface area contributed by atoms with Crippen LogP contribution >= 0.6 is 22.6 Å². The molecule has 19 heavy (non-hydrogen) atoms. The van der Waals surface area contributed by atoms with Crippen LogP contribution in [0.2, 0.25) is 0 Å². The van der Waals surface area contributed by atoms with E-state index >= 15 is 0 Å². The normalized spacial score (nSPS) is 19.2. The van der Waals surface area contributed by atoms with E-state index in [0.717, 1.165) is 0 Å². The molecule has 102 valence electrons. The highest BCUT2D eigenvalue weighted by atomic mass is 127. The monoisotopic (exact) mass is 376 g/mol. The zero-order chi connectivity index (χ0) is 14.0. The first kappa shape index (κ1) is 14.2. The first-order valence-corrected chi connectivity index (χ1v) is 7.16. The van der Waals surface area contributed by atoms with Gasteiger partial charge in [0, 0.05) is 16.7 Å². The SMILES string of the molecule is CCC1C(=O)NCCN1C(=O)c1cc(F)ccc1I. The fraction of sp³-hybridized carbons (Fsp3) is 0.385. The highest BCUT2D eigenvalue weighted by molar-refractivity contribution is 14.1.